The standard InChI is InChI=1S/C24H22FN3O3S/c25-19-11-18-20(28(16-5-6-16)24-21(22(18)29)23(30)26-32-24)12-17(19)15-3-1-14(2-4-15)13-27-7-9-31-10-8-27/h1-4,11-12,16H,5-10,13H2,(H,26,30). The zero-order valence-electron chi connectivity index (χ0n) is 17.4. The molecule has 6 nitrogen and oxygen atoms in total. The maximum atomic E-state index is 15.2. The number of aromatic amines is 1. The molecule has 1 saturated heterocycles. The van der Waals surface area contributed by atoms with E-state index >= 15 is 4.39 Å². The third-order valence-corrected chi connectivity index (χ3v) is 7.29. The second-order valence-corrected chi connectivity index (χ2v) is 9.37. The molecule has 1 N–H and O–H groups in total. The molecule has 4 aromatic rings. The number of hydrogen-bond donors (Lipinski definition) is 1. The molecule has 32 heavy (non-hydrogen) atoms. The van der Waals surface area contributed by atoms with Crippen LogP contribution in [0.1, 0.15) is 24.4 Å². The van der Waals surface area contributed by atoms with Crippen molar-refractivity contribution in [1.29, 1.82) is 0 Å². The van der Waals surface area contributed by atoms with Crippen molar-refractivity contribution >= 4 is 32.7 Å². The van der Waals surface area contributed by atoms with Crippen molar-refractivity contribution in [1.82, 2.24) is 13.8 Å². The van der Waals surface area contributed by atoms with Crippen LogP contribution < -0.4 is 11.0 Å². The van der Waals surface area contributed by atoms with E-state index in [0.717, 1.165) is 51.3 Å². The van der Waals surface area contributed by atoms with Crippen molar-refractivity contribution < 1.29 is 9.13 Å². The van der Waals surface area contributed by atoms with Gasteiger partial charge in [0.05, 0.1) is 18.7 Å². The van der Waals surface area contributed by atoms with Crippen LogP contribution in [-0.2, 0) is 11.3 Å². The molecule has 1 aliphatic heterocycles. The lowest BCUT2D eigenvalue weighted by Gasteiger charge is -2.26. The predicted molar refractivity (Wildman–Crippen MR) is 124 cm³/mol. The van der Waals surface area contributed by atoms with Gasteiger partial charge in [0.2, 0.25) is 5.43 Å². The van der Waals surface area contributed by atoms with Gasteiger partial charge in [0.25, 0.3) is 5.56 Å². The summed E-state index contributed by atoms with van der Waals surface area (Å²) in [5, 5.41) is 0.396. The van der Waals surface area contributed by atoms with E-state index in [0.29, 0.717) is 15.9 Å². The number of H-pyrrole nitrogens is 1. The van der Waals surface area contributed by atoms with Crippen LogP contribution in [-0.4, -0.2) is 40.1 Å². The number of pyridine rings is 1. The number of fused-ring (bicyclic) bond motifs is 2. The number of benzene rings is 2. The summed E-state index contributed by atoms with van der Waals surface area (Å²) in [4.78, 5) is 28.2. The molecule has 6 rings (SSSR count). The van der Waals surface area contributed by atoms with E-state index in [1.165, 1.54) is 23.2 Å². The van der Waals surface area contributed by atoms with E-state index < -0.39 is 16.8 Å². The Morgan fingerprint density at radius 1 is 1.09 bits per heavy atom. The lowest BCUT2D eigenvalue weighted by molar-refractivity contribution is 0.0342. The van der Waals surface area contributed by atoms with Crippen molar-refractivity contribution in [3.63, 3.8) is 0 Å². The summed E-state index contributed by atoms with van der Waals surface area (Å²) in [6.07, 6.45) is 1.98. The van der Waals surface area contributed by atoms with Gasteiger partial charge in [-0.15, -0.1) is 0 Å². The van der Waals surface area contributed by atoms with Crippen LogP contribution in [0.5, 0.6) is 0 Å². The third kappa shape index (κ3) is 3.30. The molecule has 0 atom stereocenters. The van der Waals surface area contributed by atoms with Gasteiger partial charge < -0.3 is 9.30 Å². The molecule has 1 saturated carbocycles. The highest BCUT2D eigenvalue weighted by molar-refractivity contribution is 7.12. The van der Waals surface area contributed by atoms with Crippen LogP contribution >= 0.6 is 11.5 Å². The molecule has 2 fully saturated rings. The van der Waals surface area contributed by atoms with Crippen LogP contribution in [0.15, 0.2) is 46.0 Å². The second kappa shape index (κ2) is 7.65. The Hall–Kier alpha value is -2.81. The monoisotopic (exact) mass is 451 g/mol. The van der Waals surface area contributed by atoms with E-state index in [9.17, 15) is 9.59 Å². The fourth-order valence-electron chi connectivity index (χ4n) is 4.57. The van der Waals surface area contributed by atoms with Gasteiger partial charge in [-0.1, -0.05) is 24.3 Å². The Kier molecular flexibility index (Phi) is 4.74. The van der Waals surface area contributed by atoms with Gasteiger partial charge in [-0.05, 0) is 47.6 Å². The average molecular weight is 452 g/mol. The van der Waals surface area contributed by atoms with Crippen LogP contribution in [0.2, 0.25) is 0 Å². The molecular formula is C24H22FN3O3S. The van der Waals surface area contributed by atoms with E-state index in [-0.39, 0.29) is 16.8 Å². The Bertz CT molecular complexity index is 1440. The van der Waals surface area contributed by atoms with Crippen LogP contribution in [0.3, 0.4) is 0 Å². The van der Waals surface area contributed by atoms with Gasteiger partial charge in [0, 0.05) is 36.6 Å². The van der Waals surface area contributed by atoms with Gasteiger partial charge >= 0.3 is 0 Å². The smallest absolute Gasteiger partial charge is 0.271 e. The maximum Gasteiger partial charge on any atom is 0.271 e. The first-order chi connectivity index (χ1) is 15.6. The third-order valence-electron chi connectivity index (χ3n) is 6.40. The maximum absolute atomic E-state index is 15.2. The average Bonchev–Trinajstić information content (AvgIpc) is 3.57. The van der Waals surface area contributed by atoms with Gasteiger partial charge in [-0.2, -0.15) is 0 Å². The minimum Gasteiger partial charge on any atom is -0.379 e. The molecule has 164 valence electrons. The normalized spacial score (nSPS) is 17.4. The van der Waals surface area contributed by atoms with Crippen LogP contribution in [0.25, 0.3) is 32.2 Å². The number of morpholine rings is 1. The number of aromatic nitrogens is 2. The van der Waals surface area contributed by atoms with Crippen LogP contribution in [0.4, 0.5) is 4.39 Å². The van der Waals surface area contributed by atoms with E-state index in [1.807, 2.05) is 28.8 Å². The van der Waals surface area contributed by atoms with Crippen LogP contribution in [0, 0.1) is 5.82 Å². The molecule has 8 heteroatoms. The summed E-state index contributed by atoms with van der Waals surface area (Å²) in [5.41, 5.74) is 2.30. The summed E-state index contributed by atoms with van der Waals surface area (Å²) in [7, 11) is 0. The summed E-state index contributed by atoms with van der Waals surface area (Å²) in [6.45, 7) is 4.19. The molecule has 1 aliphatic carbocycles. The largest absolute Gasteiger partial charge is 0.379 e. The van der Waals surface area contributed by atoms with Crippen molar-refractivity contribution in [3.8, 4) is 11.1 Å². The second-order valence-electron chi connectivity index (χ2n) is 8.58. The minimum atomic E-state index is -0.455. The van der Waals surface area contributed by atoms with Gasteiger partial charge in [-0.25, -0.2) is 4.39 Å². The Balaban J connectivity index is 1.45. The highest BCUT2D eigenvalue weighted by Crippen LogP contribution is 2.40. The number of hydrogen-bond acceptors (Lipinski definition) is 5. The first kappa shape index (κ1) is 19.8. The van der Waals surface area contributed by atoms with Gasteiger partial charge in [-0.3, -0.25) is 18.9 Å². The molecule has 2 aromatic heterocycles. The fraction of sp³-hybridized carbons (Fsp3) is 0.333. The van der Waals surface area contributed by atoms with Crippen molar-refractivity contribution in [3.05, 3.63) is 68.4 Å². The Labute approximate surface area is 187 Å². The lowest BCUT2D eigenvalue weighted by atomic mass is 10.0. The Morgan fingerprint density at radius 3 is 2.56 bits per heavy atom. The molecule has 0 amide bonds. The molecule has 0 unspecified atom stereocenters. The molecule has 3 heterocycles. The van der Waals surface area contributed by atoms with Crippen molar-refractivity contribution in [2.24, 2.45) is 0 Å². The zero-order chi connectivity index (χ0) is 21.8. The number of nitrogens with one attached hydrogen (secondary N) is 1. The quantitative estimate of drug-likeness (QED) is 0.511. The zero-order valence-corrected chi connectivity index (χ0v) is 18.2. The van der Waals surface area contributed by atoms with E-state index in [4.69, 9.17) is 4.74 Å². The molecule has 0 bridgehead atoms. The number of rotatable bonds is 4. The van der Waals surface area contributed by atoms with Gasteiger partial charge in [0.15, 0.2) is 0 Å². The molecule has 0 radical (unpaired) electrons. The highest BCUT2D eigenvalue weighted by Gasteiger charge is 2.29. The van der Waals surface area contributed by atoms with Crippen molar-refractivity contribution in [2.45, 2.75) is 25.4 Å². The number of halogens is 1. The first-order valence-corrected chi connectivity index (χ1v) is 11.7. The van der Waals surface area contributed by atoms with Gasteiger partial charge in [0.1, 0.15) is 16.0 Å². The lowest BCUT2D eigenvalue weighted by Crippen LogP contribution is -2.35. The topological polar surface area (TPSA) is 67.3 Å². The molecule has 2 aliphatic rings. The summed E-state index contributed by atoms with van der Waals surface area (Å²) < 4.78 is 25.3. The highest BCUT2D eigenvalue weighted by atomic mass is 32.1. The SMILES string of the molecule is O=c1[nH]sc2c1c(=O)c1cc(F)c(-c3ccc(CN4CCOCC4)cc3)cc1n2C1CC1. The molecular weight excluding hydrogens is 429 g/mol. The number of ether oxygens (including phenoxy) is 1. The summed E-state index contributed by atoms with van der Waals surface area (Å²) in [6, 6.07) is 11.2. The molecule has 2 aromatic carbocycles. The summed E-state index contributed by atoms with van der Waals surface area (Å²) >= 11 is 1.18. The summed E-state index contributed by atoms with van der Waals surface area (Å²) in [5.74, 6) is -0.455. The molecule has 0 spiro atoms. The minimum absolute atomic E-state index is 0.133. The Morgan fingerprint density at radius 2 is 1.84 bits per heavy atom. The fourth-order valence-corrected chi connectivity index (χ4v) is 5.50. The van der Waals surface area contributed by atoms with Crippen molar-refractivity contribution in [2.75, 3.05) is 26.3 Å². The first-order valence-electron chi connectivity index (χ1n) is 10.9. The van der Waals surface area contributed by atoms with E-state index in [2.05, 4.69) is 9.27 Å². The number of nitrogens with zero attached hydrogens (tertiary/aromatic N) is 2. The van der Waals surface area contributed by atoms with E-state index in [1.54, 1.807) is 6.07 Å². The predicted octanol–water partition coefficient (Wildman–Crippen LogP) is 3.88.